The van der Waals surface area contributed by atoms with Crippen LogP contribution in [0.25, 0.3) is 10.9 Å². The molecule has 2 aliphatic rings. The van der Waals surface area contributed by atoms with E-state index in [0.29, 0.717) is 6.04 Å². The zero-order valence-electron chi connectivity index (χ0n) is 16.6. The SMILES string of the molecule is O=c1c2ccc(N3CCN(Cc4cncnc4)CC3)cc2ncn1C1CCCC1. The summed E-state index contributed by atoms with van der Waals surface area (Å²) >= 11 is 0. The Balaban J connectivity index is 1.30. The lowest BCUT2D eigenvalue weighted by molar-refractivity contribution is 0.249. The fraction of sp³-hybridized carbons (Fsp3) is 0.455. The number of rotatable bonds is 4. The van der Waals surface area contributed by atoms with E-state index in [0.717, 1.165) is 67.7 Å². The monoisotopic (exact) mass is 390 g/mol. The van der Waals surface area contributed by atoms with Gasteiger partial charge in [0.15, 0.2) is 0 Å². The van der Waals surface area contributed by atoms with Gasteiger partial charge in [-0.25, -0.2) is 15.0 Å². The second kappa shape index (κ2) is 7.91. The summed E-state index contributed by atoms with van der Waals surface area (Å²) in [6, 6.07) is 6.42. The number of aromatic nitrogens is 4. The van der Waals surface area contributed by atoms with Gasteiger partial charge in [0.25, 0.3) is 5.56 Å². The first kappa shape index (κ1) is 18.2. The Labute approximate surface area is 170 Å². The molecule has 3 heterocycles. The summed E-state index contributed by atoms with van der Waals surface area (Å²) in [6.07, 6.45) is 11.7. The largest absolute Gasteiger partial charge is 0.369 e. The molecule has 5 rings (SSSR count). The van der Waals surface area contributed by atoms with Gasteiger partial charge in [-0.1, -0.05) is 12.8 Å². The van der Waals surface area contributed by atoms with Crippen molar-refractivity contribution in [2.75, 3.05) is 31.1 Å². The van der Waals surface area contributed by atoms with Crippen LogP contribution in [0, 0.1) is 0 Å². The molecule has 29 heavy (non-hydrogen) atoms. The molecular formula is C22H26N6O. The van der Waals surface area contributed by atoms with Crippen LogP contribution < -0.4 is 10.5 Å². The predicted octanol–water partition coefficient (Wildman–Crippen LogP) is 2.62. The van der Waals surface area contributed by atoms with E-state index in [1.54, 1.807) is 12.7 Å². The van der Waals surface area contributed by atoms with Gasteiger partial charge in [0.05, 0.1) is 17.2 Å². The van der Waals surface area contributed by atoms with Crippen LogP contribution in [0.4, 0.5) is 5.69 Å². The van der Waals surface area contributed by atoms with Crippen LogP contribution in [0.3, 0.4) is 0 Å². The summed E-state index contributed by atoms with van der Waals surface area (Å²) in [5.74, 6) is 0. The van der Waals surface area contributed by atoms with Crippen molar-refractivity contribution < 1.29 is 0 Å². The van der Waals surface area contributed by atoms with E-state index in [2.05, 4.69) is 36.9 Å². The van der Waals surface area contributed by atoms with E-state index in [1.165, 1.54) is 12.8 Å². The first-order chi connectivity index (χ1) is 14.3. The highest BCUT2D eigenvalue weighted by molar-refractivity contribution is 5.81. The Hall–Kier alpha value is -2.80. The molecule has 3 aromatic rings. The van der Waals surface area contributed by atoms with E-state index in [-0.39, 0.29) is 5.56 Å². The van der Waals surface area contributed by atoms with Crippen molar-refractivity contribution in [2.24, 2.45) is 0 Å². The highest BCUT2D eigenvalue weighted by atomic mass is 16.1. The smallest absolute Gasteiger partial charge is 0.261 e. The third-order valence-corrected chi connectivity index (χ3v) is 6.24. The highest BCUT2D eigenvalue weighted by Crippen LogP contribution is 2.28. The molecule has 7 heteroatoms. The van der Waals surface area contributed by atoms with Crippen molar-refractivity contribution in [3.05, 3.63) is 59.2 Å². The minimum Gasteiger partial charge on any atom is -0.369 e. The van der Waals surface area contributed by atoms with Crippen LogP contribution in [0.15, 0.2) is 48.0 Å². The molecule has 1 aliphatic carbocycles. The Bertz CT molecular complexity index is 1040. The lowest BCUT2D eigenvalue weighted by Gasteiger charge is -2.36. The third-order valence-electron chi connectivity index (χ3n) is 6.24. The summed E-state index contributed by atoms with van der Waals surface area (Å²) in [7, 11) is 0. The molecule has 0 unspecified atom stereocenters. The van der Waals surface area contributed by atoms with Crippen molar-refractivity contribution in [1.82, 2.24) is 24.4 Å². The van der Waals surface area contributed by atoms with Crippen LogP contribution in [0.5, 0.6) is 0 Å². The van der Waals surface area contributed by atoms with Crippen molar-refractivity contribution >= 4 is 16.6 Å². The van der Waals surface area contributed by atoms with Gasteiger partial charge >= 0.3 is 0 Å². The molecule has 0 radical (unpaired) electrons. The van der Waals surface area contributed by atoms with Gasteiger partial charge in [0.1, 0.15) is 6.33 Å². The van der Waals surface area contributed by atoms with Crippen molar-refractivity contribution in [3.8, 4) is 0 Å². The maximum atomic E-state index is 12.9. The van der Waals surface area contributed by atoms with E-state index in [9.17, 15) is 4.79 Å². The van der Waals surface area contributed by atoms with E-state index in [4.69, 9.17) is 0 Å². The lowest BCUT2D eigenvalue weighted by Crippen LogP contribution is -2.46. The summed E-state index contributed by atoms with van der Waals surface area (Å²) in [5.41, 5.74) is 3.19. The Morgan fingerprint density at radius 3 is 2.52 bits per heavy atom. The maximum absolute atomic E-state index is 12.9. The first-order valence-corrected chi connectivity index (χ1v) is 10.5. The van der Waals surface area contributed by atoms with Crippen molar-refractivity contribution in [1.29, 1.82) is 0 Å². The molecular weight excluding hydrogens is 364 g/mol. The van der Waals surface area contributed by atoms with Crippen LogP contribution in [0.2, 0.25) is 0 Å². The van der Waals surface area contributed by atoms with Gasteiger partial charge in [-0.05, 0) is 31.0 Å². The van der Waals surface area contributed by atoms with Gasteiger partial charge < -0.3 is 4.90 Å². The maximum Gasteiger partial charge on any atom is 0.261 e. The summed E-state index contributed by atoms with van der Waals surface area (Å²) in [6.45, 7) is 4.78. The summed E-state index contributed by atoms with van der Waals surface area (Å²) < 4.78 is 1.85. The van der Waals surface area contributed by atoms with E-state index in [1.807, 2.05) is 23.0 Å². The molecule has 7 nitrogen and oxygen atoms in total. The van der Waals surface area contributed by atoms with Gasteiger partial charge in [-0.15, -0.1) is 0 Å². The topological polar surface area (TPSA) is 67.2 Å². The lowest BCUT2D eigenvalue weighted by atomic mass is 10.1. The summed E-state index contributed by atoms with van der Waals surface area (Å²) in [4.78, 5) is 30.5. The number of hydrogen-bond donors (Lipinski definition) is 0. The Morgan fingerprint density at radius 1 is 1.00 bits per heavy atom. The average Bonchev–Trinajstić information content (AvgIpc) is 3.30. The van der Waals surface area contributed by atoms with Gasteiger partial charge in [-0.3, -0.25) is 14.3 Å². The van der Waals surface area contributed by atoms with Crippen molar-refractivity contribution in [2.45, 2.75) is 38.3 Å². The minimum atomic E-state index is 0.100. The van der Waals surface area contributed by atoms with Gasteiger partial charge in [0, 0.05) is 62.4 Å². The van der Waals surface area contributed by atoms with Crippen LogP contribution in [0.1, 0.15) is 37.3 Å². The third kappa shape index (κ3) is 3.74. The molecule has 2 fully saturated rings. The van der Waals surface area contributed by atoms with Crippen LogP contribution in [-0.2, 0) is 6.54 Å². The normalized spacial score (nSPS) is 18.6. The molecule has 1 aromatic carbocycles. The summed E-state index contributed by atoms with van der Waals surface area (Å²) in [5, 5.41) is 0.728. The Kier molecular flexibility index (Phi) is 4.97. The molecule has 150 valence electrons. The zero-order valence-corrected chi connectivity index (χ0v) is 16.6. The Morgan fingerprint density at radius 2 is 1.76 bits per heavy atom. The van der Waals surface area contributed by atoms with Gasteiger partial charge in [0.2, 0.25) is 0 Å². The molecule has 0 spiro atoms. The first-order valence-electron chi connectivity index (χ1n) is 10.5. The molecule has 1 saturated heterocycles. The average molecular weight is 390 g/mol. The van der Waals surface area contributed by atoms with Crippen LogP contribution >= 0.6 is 0 Å². The molecule has 0 N–H and O–H groups in total. The molecule has 0 bridgehead atoms. The van der Waals surface area contributed by atoms with Gasteiger partial charge in [-0.2, -0.15) is 0 Å². The highest BCUT2D eigenvalue weighted by Gasteiger charge is 2.21. The number of fused-ring (bicyclic) bond motifs is 1. The minimum absolute atomic E-state index is 0.100. The van der Waals surface area contributed by atoms with E-state index >= 15 is 0 Å². The second-order valence-electron chi connectivity index (χ2n) is 8.11. The van der Waals surface area contributed by atoms with Crippen molar-refractivity contribution in [3.63, 3.8) is 0 Å². The number of piperazine rings is 1. The number of anilines is 1. The molecule has 1 aliphatic heterocycles. The number of hydrogen-bond acceptors (Lipinski definition) is 6. The van der Waals surface area contributed by atoms with E-state index < -0.39 is 0 Å². The predicted molar refractivity (Wildman–Crippen MR) is 113 cm³/mol. The molecule has 2 aromatic heterocycles. The quantitative estimate of drug-likeness (QED) is 0.682. The fourth-order valence-corrected chi connectivity index (χ4v) is 4.60. The standard InChI is InChI=1S/C22H26N6O/c29-22-20-6-5-19(11-21(20)25-16-28(22)18-3-1-2-4-18)27-9-7-26(8-10-27)14-17-12-23-15-24-13-17/h5-6,11-13,15-16,18H,1-4,7-10,14H2. The second-order valence-corrected chi connectivity index (χ2v) is 8.11. The molecule has 1 saturated carbocycles. The zero-order chi connectivity index (χ0) is 19.6. The molecule has 0 atom stereocenters. The number of benzene rings is 1. The molecule has 0 amide bonds. The fourth-order valence-electron chi connectivity index (χ4n) is 4.60. The van der Waals surface area contributed by atoms with Crippen LogP contribution in [-0.4, -0.2) is 50.6 Å². The number of nitrogens with zero attached hydrogens (tertiary/aromatic N) is 6.